The molecular formula is C40H80NO6P. The highest BCUT2D eigenvalue weighted by molar-refractivity contribution is 7.46. The number of carbonyl (C=O) groups excluding carboxylic acids is 1. The number of rotatable bonds is 38. The Balaban J connectivity index is 3.92. The molecule has 2 atom stereocenters. The van der Waals surface area contributed by atoms with E-state index in [1.807, 2.05) is 6.08 Å². The normalized spacial score (nSPS) is 13.4. The quantitative estimate of drug-likeness (QED) is 0.0289. The summed E-state index contributed by atoms with van der Waals surface area (Å²) in [5.74, 6) is -0.223. The maximum atomic E-state index is 12.6. The highest BCUT2D eigenvalue weighted by Crippen LogP contribution is 2.35. The van der Waals surface area contributed by atoms with Gasteiger partial charge in [0.05, 0.1) is 18.8 Å². The Bertz CT molecular complexity index is 758. The van der Waals surface area contributed by atoms with Crippen molar-refractivity contribution in [1.82, 2.24) is 5.32 Å². The summed E-state index contributed by atoms with van der Waals surface area (Å²) in [6.07, 6.45) is 42.3. The Morgan fingerprint density at radius 1 is 0.583 bits per heavy atom. The number of carbonyl (C=O) groups is 1. The summed E-state index contributed by atoms with van der Waals surface area (Å²) in [6, 6.07) is -0.904. The van der Waals surface area contributed by atoms with E-state index in [0.717, 1.165) is 38.5 Å². The number of nitrogens with one attached hydrogen (secondary N) is 1. The van der Waals surface area contributed by atoms with Gasteiger partial charge in [0.25, 0.3) is 0 Å². The number of aliphatic hydroxyl groups excluding tert-OH is 1. The summed E-state index contributed by atoms with van der Waals surface area (Å²) >= 11 is 0. The first-order valence-electron chi connectivity index (χ1n) is 20.6. The zero-order valence-electron chi connectivity index (χ0n) is 31.7. The second kappa shape index (κ2) is 36.1. The first kappa shape index (κ1) is 47.3. The van der Waals surface area contributed by atoms with Crippen LogP contribution in [0.1, 0.15) is 219 Å². The average molecular weight is 702 g/mol. The van der Waals surface area contributed by atoms with Crippen molar-refractivity contribution in [1.29, 1.82) is 0 Å². The summed E-state index contributed by atoms with van der Waals surface area (Å²) in [5.41, 5.74) is 0. The highest BCUT2D eigenvalue weighted by atomic mass is 31.2. The molecule has 0 aliphatic rings. The Kier molecular flexibility index (Phi) is 35.5. The summed E-state index contributed by atoms with van der Waals surface area (Å²) in [4.78, 5) is 30.8. The SMILES string of the molecule is CCCCCCCCCCCCC/C=C/[C@@H](O)[C@H](COP(=O)(O)O)NC(=O)CCCCCCCCCCCCCCCCCCCCC. The van der Waals surface area contributed by atoms with Crippen molar-refractivity contribution < 1.29 is 28.8 Å². The molecule has 0 fully saturated rings. The Morgan fingerprint density at radius 2 is 0.917 bits per heavy atom. The van der Waals surface area contributed by atoms with Crippen LogP contribution >= 0.6 is 7.82 Å². The van der Waals surface area contributed by atoms with E-state index in [0.29, 0.717) is 6.42 Å². The second-order valence-corrected chi connectivity index (χ2v) is 15.6. The number of aliphatic hydroxyl groups is 1. The third-order valence-corrected chi connectivity index (χ3v) is 9.98. The lowest BCUT2D eigenvalue weighted by molar-refractivity contribution is -0.123. The Labute approximate surface area is 297 Å². The number of hydrogen-bond acceptors (Lipinski definition) is 4. The molecule has 0 aromatic rings. The van der Waals surface area contributed by atoms with Crippen LogP contribution in [0.15, 0.2) is 12.2 Å². The topological polar surface area (TPSA) is 116 Å². The summed E-state index contributed by atoms with van der Waals surface area (Å²) < 4.78 is 15.9. The molecule has 0 aliphatic heterocycles. The molecule has 0 aromatic carbocycles. The van der Waals surface area contributed by atoms with E-state index in [4.69, 9.17) is 9.79 Å². The maximum absolute atomic E-state index is 12.6. The molecule has 48 heavy (non-hydrogen) atoms. The van der Waals surface area contributed by atoms with E-state index in [2.05, 4.69) is 23.7 Å². The van der Waals surface area contributed by atoms with Gasteiger partial charge >= 0.3 is 7.82 Å². The van der Waals surface area contributed by atoms with Crippen LogP contribution in [0.5, 0.6) is 0 Å². The molecule has 1 amide bonds. The third kappa shape index (κ3) is 36.6. The molecule has 0 aliphatic carbocycles. The summed E-state index contributed by atoms with van der Waals surface area (Å²) in [7, 11) is -4.71. The molecule has 0 radical (unpaired) electrons. The van der Waals surface area contributed by atoms with Crippen molar-refractivity contribution in [3.05, 3.63) is 12.2 Å². The molecular weight excluding hydrogens is 621 g/mol. The zero-order chi connectivity index (χ0) is 35.4. The smallest absolute Gasteiger partial charge is 0.387 e. The maximum Gasteiger partial charge on any atom is 0.469 e. The van der Waals surface area contributed by atoms with Gasteiger partial charge in [-0.25, -0.2) is 4.57 Å². The number of allylic oxidation sites excluding steroid dienone is 1. The number of unbranched alkanes of at least 4 members (excludes halogenated alkanes) is 29. The summed E-state index contributed by atoms with van der Waals surface area (Å²) in [5, 5.41) is 13.4. The van der Waals surface area contributed by atoms with E-state index in [1.165, 1.54) is 161 Å². The lowest BCUT2D eigenvalue weighted by Gasteiger charge is -2.22. The average Bonchev–Trinajstić information content (AvgIpc) is 3.05. The first-order chi connectivity index (χ1) is 23.3. The largest absolute Gasteiger partial charge is 0.469 e. The second-order valence-electron chi connectivity index (χ2n) is 14.3. The van der Waals surface area contributed by atoms with E-state index in [9.17, 15) is 14.5 Å². The van der Waals surface area contributed by atoms with Crippen LogP contribution in [0.2, 0.25) is 0 Å². The molecule has 0 unspecified atom stereocenters. The van der Waals surface area contributed by atoms with E-state index in [1.54, 1.807) is 6.08 Å². The molecule has 286 valence electrons. The lowest BCUT2D eigenvalue weighted by atomic mass is 10.0. The van der Waals surface area contributed by atoms with E-state index < -0.39 is 26.6 Å². The molecule has 0 aromatic heterocycles. The van der Waals surface area contributed by atoms with Crippen LogP contribution in [0, 0.1) is 0 Å². The molecule has 7 nitrogen and oxygen atoms in total. The van der Waals surface area contributed by atoms with Crippen molar-refractivity contribution in [2.24, 2.45) is 0 Å². The zero-order valence-corrected chi connectivity index (χ0v) is 32.6. The fourth-order valence-electron chi connectivity index (χ4n) is 6.34. The van der Waals surface area contributed by atoms with Gasteiger partial charge in [-0.1, -0.05) is 206 Å². The van der Waals surface area contributed by atoms with Crippen molar-refractivity contribution in [3.63, 3.8) is 0 Å². The molecule has 4 N–H and O–H groups in total. The Morgan fingerprint density at radius 3 is 1.27 bits per heavy atom. The molecule has 0 saturated carbocycles. The van der Waals surface area contributed by atoms with Crippen LogP contribution in [0.3, 0.4) is 0 Å². The van der Waals surface area contributed by atoms with E-state index >= 15 is 0 Å². The van der Waals surface area contributed by atoms with Gasteiger partial charge in [-0.05, 0) is 19.3 Å². The Hall–Kier alpha value is -0.720. The summed E-state index contributed by atoms with van der Waals surface area (Å²) in [6.45, 7) is 4.08. The van der Waals surface area contributed by atoms with E-state index in [-0.39, 0.29) is 5.91 Å². The van der Waals surface area contributed by atoms with Crippen molar-refractivity contribution in [2.45, 2.75) is 231 Å². The van der Waals surface area contributed by atoms with Crippen molar-refractivity contribution in [3.8, 4) is 0 Å². The number of phosphoric acid groups is 1. The van der Waals surface area contributed by atoms with Gasteiger partial charge in [-0.2, -0.15) is 0 Å². The molecule has 0 saturated heterocycles. The van der Waals surface area contributed by atoms with Gasteiger partial charge < -0.3 is 20.2 Å². The van der Waals surface area contributed by atoms with Crippen molar-refractivity contribution >= 4 is 13.7 Å². The molecule has 0 spiro atoms. The van der Waals surface area contributed by atoms with Gasteiger partial charge in [0.1, 0.15) is 0 Å². The van der Waals surface area contributed by atoms with Gasteiger partial charge in [-0.3, -0.25) is 9.32 Å². The highest BCUT2D eigenvalue weighted by Gasteiger charge is 2.24. The van der Waals surface area contributed by atoms with Crippen LogP contribution in [-0.2, 0) is 13.9 Å². The van der Waals surface area contributed by atoms with Crippen molar-refractivity contribution in [2.75, 3.05) is 6.61 Å². The molecule has 8 heteroatoms. The minimum atomic E-state index is -4.71. The van der Waals surface area contributed by atoms with Gasteiger partial charge in [0, 0.05) is 6.42 Å². The van der Waals surface area contributed by atoms with Crippen LogP contribution in [0.4, 0.5) is 0 Å². The van der Waals surface area contributed by atoms with Crippen LogP contribution in [-0.4, -0.2) is 39.6 Å². The predicted molar refractivity (Wildman–Crippen MR) is 204 cm³/mol. The monoisotopic (exact) mass is 702 g/mol. The fourth-order valence-corrected chi connectivity index (χ4v) is 6.70. The van der Waals surface area contributed by atoms with Gasteiger partial charge in [0.2, 0.25) is 5.91 Å². The molecule has 0 heterocycles. The standard InChI is InChI=1S/C40H80NO6P/c1-3-5-7-9-11-13-15-17-18-19-20-21-22-24-26-28-30-32-34-36-40(43)41-38(37-47-48(44,45)46)39(42)35-33-31-29-27-25-23-16-14-12-10-8-6-4-2/h33,35,38-39,42H,3-32,34,36-37H2,1-2H3,(H,41,43)(H2,44,45,46)/b35-33+/t38-,39+/m0/s1. The number of phosphoric ester groups is 1. The molecule has 0 bridgehead atoms. The fraction of sp³-hybridized carbons (Fsp3) is 0.925. The van der Waals surface area contributed by atoms with Gasteiger partial charge in [0.15, 0.2) is 0 Å². The predicted octanol–water partition coefficient (Wildman–Crippen LogP) is 12.0. The van der Waals surface area contributed by atoms with Crippen LogP contribution in [0.25, 0.3) is 0 Å². The molecule has 0 rings (SSSR count). The number of hydrogen-bond donors (Lipinski definition) is 4. The van der Waals surface area contributed by atoms with Crippen LogP contribution < -0.4 is 5.32 Å². The first-order valence-corrected chi connectivity index (χ1v) is 22.2. The lowest BCUT2D eigenvalue weighted by Crippen LogP contribution is -2.45. The third-order valence-electron chi connectivity index (χ3n) is 9.50. The minimum Gasteiger partial charge on any atom is -0.387 e. The van der Waals surface area contributed by atoms with Gasteiger partial charge in [-0.15, -0.1) is 0 Å². The number of amides is 1. The minimum absolute atomic E-state index is 0.223.